The largest absolute Gasteiger partial charge is 0.467 e. The second-order valence-electron chi connectivity index (χ2n) is 5.97. The Kier molecular flexibility index (Phi) is 6.45. The van der Waals surface area contributed by atoms with Crippen molar-refractivity contribution in [2.24, 2.45) is 5.92 Å². The quantitative estimate of drug-likeness (QED) is 0.706. The highest BCUT2D eigenvalue weighted by molar-refractivity contribution is 5.85. The number of nitrogens with zero attached hydrogens (tertiary/aromatic N) is 1. The Morgan fingerprint density at radius 1 is 1.24 bits per heavy atom. The highest BCUT2D eigenvalue weighted by atomic mass is 16.5. The molecule has 0 bridgehead atoms. The lowest BCUT2D eigenvalue weighted by atomic mass is 9.88. The Morgan fingerprint density at radius 3 is 2.52 bits per heavy atom. The molecule has 1 atom stereocenters. The fourth-order valence-corrected chi connectivity index (χ4v) is 3.13. The van der Waals surface area contributed by atoms with Crippen LogP contribution in [-0.4, -0.2) is 62.7 Å². The van der Waals surface area contributed by atoms with Crippen LogP contribution in [0.25, 0.3) is 0 Å². The van der Waals surface area contributed by atoms with E-state index in [4.69, 9.17) is 4.74 Å². The van der Waals surface area contributed by atoms with Gasteiger partial charge in [0.1, 0.15) is 6.04 Å². The number of carbonyl (C=O) groups is 2. The van der Waals surface area contributed by atoms with Gasteiger partial charge in [0.2, 0.25) is 5.91 Å². The van der Waals surface area contributed by atoms with Gasteiger partial charge in [-0.25, -0.2) is 4.79 Å². The number of piperazine rings is 1. The molecule has 2 fully saturated rings. The van der Waals surface area contributed by atoms with Crippen LogP contribution in [0.5, 0.6) is 0 Å². The molecule has 2 aliphatic rings. The fraction of sp³-hybridized carbons (Fsp3) is 0.867. The number of rotatable bonds is 5. The molecule has 120 valence electrons. The Morgan fingerprint density at radius 2 is 1.90 bits per heavy atom. The number of ether oxygens (including phenoxy) is 1. The number of methoxy groups -OCH3 is 1. The molecule has 1 unspecified atom stereocenters. The molecule has 2 N–H and O–H groups in total. The van der Waals surface area contributed by atoms with Gasteiger partial charge in [-0.2, -0.15) is 0 Å². The van der Waals surface area contributed by atoms with Gasteiger partial charge in [-0.3, -0.25) is 9.69 Å². The van der Waals surface area contributed by atoms with Gasteiger partial charge in [-0.05, 0) is 12.8 Å². The topological polar surface area (TPSA) is 70.7 Å². The molecule has 1 saturated heterocycles. The van der Waals surface area contributed by atoms with Crippen LogP contribution < -0.4 is 10.6 Å². The summed E-state index contributed by atoms with van der Waals surface area (Å²) in [6, 6.07) is -0.553. The summed E-state index contributed by atoms with van der Waals surface area (Å²) in [6.45, 7) is 4.17. The Hall–Kier alpha value is -1.14. The summed E-state index contributed by atoms with van der Waals surface area (Å²) in [7, 11) is 1.37. The van der Waals surface area contributed by atoms with E-state index in [1.807, 2.05) is 0 Å². The van der Waals surface area contributed by atoms with Crippen molar-refractivity contribution in [3.05, 3.63) is 0 Å². The summed E-state index contributed by atoms with van der Waals surface area (Å²) >= 11 is 0. The first-order valence-corrected chi connectivity index (χ1v) is 8.02. The van der Waals surface area contributed by atoms with E-state index in [2.05, 4.69) is 15.5 Å². The number of hydrogen-bond acceptors (Lipinski definition) is 5. The molecule has 2 rings (SSSR count). The molecule has 1 aliphatic carbocycles. The zero-order valence-corrected chi connectivity index (χ0v) is 12.9. The van der Waals surface area contributed by atoms with E-state index in [1.165, 1.54) is 13.5 Å². The minimum Gasteiger partial charge on any atom is -0.467 e. The fourth-order valence-electron chi connectivity index (χ4n) is 3.13. The highest BCUT2D eigenvalue weighted by Gasteiger charge is 2.28. The molecule has 6 nitrogen and oxygen atoms in total. The summed E-state index contributed by atoms with van der Waals surface area (Å²) < 4.78 is 4.85. The van der Waals surface area contributed by atoms with Crippen LogP contribution in [0.1, 0.15) is 32.1 Å². The molecule has 1 aliphatic heterocycles. The normalized spacial score (nSPS) is 22.5. The van der Waals surface area contributed by atoms with Gasteiger partial charge < -0.3 is 15.4 Å². The molecular formula is C15H27N3O3. The lowest BCUT2D eigenvalue weighted by molar-refractivity contribution is -0.146. The van der Waals surface area contributed by atoms with E-state index in [9.17, 15) is 9.59 Å². The minimum atomic E-state index is -0.553. The summed E-state index contributed by atoms with van der Waals surface area (Å²) in [6.07, 6.45) is 5.31. The van der Waals surface area contributed by atoms with E-state index in [-0.39, 0.29) is 17.8 Å². The Balaban J connectivity index is 1.88. The first kappa shape index (κ1) is 16.2. The predicted molar refractivity (Wildman–Crippen MR) is 79.8 cm³/mol. The first-order valence-electron chi connectivity index (χ1n) is 8.02. The molecule has 6 heteroatoms. The second-order valence-corrected chi connectivity index (χ2v) is 5.97. The molecule has 0 aromatic rings. The van der Waals surface area contributed by atoms with E-state index < -0.39 is 6.04 Å². The molecule has 1 saturated carbocycles. The Bertz CT molecular complexity index is 350. The van der Waals surface area contributed by atoms with Gasteiger partial charge >= 0.3 is 5.97 Å². The van der Waals surface area contributed by atoms with Crippen molar-refractivity contribution in [2.75, 3.05) is 39.8 Å². The molecule has 0 spiro atoms. The maximum absolute atomic E-state index is 12.3. The van der Waals surface area contributed by atoms with Gasteiger partial charge in [-0.1, -0.05) is 19.3 Å². The minimum absolute atomic E-state index is 0.0141. The lowest BCUT2D eigenvalue weighted by Crippen LogP contribution is -2.54. The average molecular weight is 297 g/mol. The van der Waals surface area contributed by atoms with Crippen molar-refractivity contribution in [2.45, 2.75) is 38.1 Å². The van der Waals surface area contributed by atoms with E-state index in [0.29, 0.717) is 6.54 Å². The van der Waals surface area contributed by atoms with Crippen LogP contribution in [0.2, 0.25) is 0 Å². The van der Waals surface area contributed by atoms with Crippen LogP contribution in [0.3, 0.4) is 0 Å². The van der Waals surface area contributed by atoms with Crippen LogP contribution in [0.15, 0.2) is 0 Å². The SMILES string of the molecule is COC(=O)C(CN1CCNCC1)NC(=O)C1CCCCC1. The van der Waals surface area contributed by atoms with E-state index in [1.54, 1.807) is 0 Å². The average Bonchev–Trinajstić information content (AvgIpc) is 2.55. The molecule has 21 heavy (non-hydrogen) atoms. The van der Waals surface area contributed by atoms with Crippen LogP contribution >= 0.6 is 0 Å². The van der Waals surface area contributed by atoms with Crippen molar-refractivity contribution in [3.63, 3.8) is 0 Å². The zero-order valence-electron chi connectivity index (χ0n) is 12.9. The molecule has 0 radical (unpaired) electrons. The number of hydrogen-bond donors (Lipinski definition) is 2. The van der Waals surface area contributed by atoms with Crippen molar-refractivity contribution in [1.29, 1.82) is 0 Å². The second kappa shape index (κ2) is 8.34. The number of esters is 1. The third-order valence-corrected chi connectivity index (χ3v) is 4.43. The maximum atomic E-state index is 12.3. The maximum Gasteiger partial charge on any atom is 0.329 e. The third kappa shape index (κ3) is 4.97. The molecule has 0 aromatic carbocycles. The van der Waals surface area contributed by atoms with Gasteiger partial charge in [0, 0.05) is 38.6 Å². The standard InChI is InChI=1S/C15H27N3O3/c1-21-15(20)13(11-18-9-7-16-8-10-18)17-14(19)12-5-3-2-4-6-12/h12-13,16H,2-11H2,1H3,(H,17,19). The van der Waals surface area contributed by atoms with Crippen molar-refractivity contribution >= 4 is 11.9 Å². The number of carbonyl (C=O) groups excluding carboxylic acids is 2. The zero-order chi connectivity index (χ0) is 15.1. The molecule has 0 aromatic heterocycles. The summed E-state index contributed by atoms with van der Waals surface area (Å²) in [5.41, 5.74) is 0. The lowest BCUT2D eigenvalue weighted by Gasteiger charge is -2.31. The summed E-state index contributed by atoms with van der Waals surface area (Å²) in [4.78, 5) is 26.4. The third-order valence-electron chi connectivity index (χ3n) is 4.43. The van der Waals surface area contributed by atoms with Crippen LogP contribution in [0.4, 0.5) is 0 Å². The van der Waals surface area contributed by atoms with Gasteiger partial charge in [0.15, 0.2) is 0 Å². The molecular weight excluding hydrogens is 270 g/mol. The predicted octanol–water partition coefficient (Wildman–Crippen LogP) is 0.130. The van der Waals surface area contributed by atoms with Gasteiger partial charge in [0.25, 0.3) is 0 Å². The number of nitrogens with one attached hydrogen (secondary N) is 2. The van der Waals surface area contributed by atoms with Crippen molar-refractivity contribution < 1.29 is 14.3 Å². The molecule has 1 amide bonds. The first-order chi connectivity index (χ1) is 10.2. The number of amides is 1. The smallest absolute Gasteiger partial charge is 0.329 e. The Labute approximate surface area is 126 Å². The molecule has 1 heterocycles. The summed E-state index contributed by atoms with van der Waals surface area (Å²) in [5, 5.41) is 6.19. The summed E-state index contributed by atoms with van der Waals surface area (Å²) in [5.74, 6) is -0.271. The van der Waals surface area contributed by atoms with E-state index >= 15 is 0 Å². The van der Waals surface area contributed by atoms with Crippen molar-refractivity contribution in [3.8, 4) is 0 Å². The highest BCUT2D eigenvalue weighted by Crippen LogP contribution is 2.23. The van der Waals surface area contributed by atoms with E-state index in [0.717, 1.165) is 51.9 Å². The van der Waals surface area contributed by atoms with Gasteiger partial charge in [-0.15, -0.1) is 0 Å². The van der Waals surface area contributed by atoms with Crippen LogP contribution in [-0.2, 0) is 14.3 Å². The van der Waals surface area contributed by atoms with Crippen LogP contribution in [0, 0.1) is 5.92 Å². The van der Waals surface area contributed by atoms with Gasteiger partial charge in [0.05, 0.1) is 7.11 Å². The monoisotopic (exact) mass is 297 g/mol. The van der Waals surface area contributed by atoms with Crippen molar-refractivity contribution in [1.82, 2.24) is 15.5 Å².